The van der Waals surface area contributed by atoms with E-state index < -0.39 is 0 Å². The number of hydrogen-bond acceptors (Lipinski definition) is 4. The molecule has 5 nitrogen and oxygen atoms in total. The van der Waals surface area contributed by atoms with E-state index in [0.717, 1.165) is 17.7 Å². The molecular formula is C23H27N3O2. The summed E-state index contributed by atoms with van der Waals surface area (Å²) in [5, 5.41) is 0. The van der Waals surface area contributed by atoms with E-state index in [9.17, 15) is 4.79 Å². The van der Waals surface area contributed by atoms with Gasteiger partial charge in [-0.3, -0.25) is 4.79 Å². The Morgan fingerprint density at radius 2 is 1.71 bits per heavy atom. The smallest absolute Gasteiger partial charge is 0.254 e. The first-order valence-corrected chi connectivity index (χ1v) is 9.83. The number of pyridine rings is 1. The fraction of sp³-hybridized carbons (Fsp3) is 0.348. The highest BCUT2D eigenvalue weighted by Gasteiger charge is 2.07. The zero-order valence-corrected chi connectivity index (χ0v) is 16.6. The second-order valence-electron chi connectivity index (χ2n) is 6.98. The summed E-state index contributed by atoms with van der Waals surface area (Å²) in [6.45, 7) is 4.94. The van der Waals surface area contributed by atoms with E-state index in [1.807, 2.05) is 13.0 Å². The van der Waals surface area contributed by atoms with Gasteiger partial charge in [0.1, 0.15) is 12.4 Å². The van der Waals surface area contributed by atoms with E-state index in [0.29, 0.717) is 18.1 Å². The zero-order chi connectivity index (χ0) is 19.8. The van der Waals surface area contributed by atoms with Crippen molar-refractivity contribution in [1.29, 1.82) is 0 Å². The minimum atomic E-state index is -0.0731. The molecule has 0 saturated heterocycles. The highest BCUT2D eigenvalue weighted by Crippen LogP contribution is 2.14. The molecule has 0 saturated carbocycles. The molecule has 2 heterocycles. The predicted octanol–water partition coefficient (Wildman–Crippen LogP) is 4.31. The molecule has 3 rings (SSSR count). The number of ether oxygens (including phenoxy) is 1. The van der Waals surface area contributed by atoms with Gasteiger partial charge in [-0.25, -0.2) is 9.97 Å². The van der Waals surface area contributed by atoms with Crippen LogP contribution < -0.4 is 10.3 Å². The molecule has 0 amide bonds. The maximum Gasteiger partial charge on any atom is 0.254 e. The number of hydrogen-bond donors (Lipinski definition) is 0. The minimum absolute atomic E-state index is 0.0731. The molecule has 0 unspecified atom stereocenters. The first-order chi connectivity index (χ1) is 13.7. The zero-order valence-electron chi connectivity index (χ0n) is 16.6. The van der Waals surface area contributed by atoms with Crippen LogP contribution in [0, 0.1) is 6.92 Å². The number of nitrogens with zero attached hydrogens (tertiary/aromatic N) is 3. The Labute approximate surface area is 166 Å². The fourth-order valence-electron chi connectivity index (χ4n) is 3.11. The summed E-state index contributed by atoms with van der Waals surface area (Å²) in [5.41, 5.74) is 3.27. The standard InChI is InChI=1S/C23H27N3O2/c1-3-4-5-7-19-8-10-20(11-9-19)16-26-18(2)14-21(15-23(26)27)28-17-22-24-12-6-13-25-22/h6,8-15H,3-5,7,16-17H2,1-2H3. The second-order valence-corrected chi connectivity index (χ2v) is 6.98. The Morgan fingerprint density at radius 3 is 2.39 bits per heavy atom. The summed E-state index contributed by atoms with van der Waals surface area (Å²) in [7, 11) is 0. The second kappa shape index (κ2) is 9.83. The first kappa shape index (κ1) is 19.8. The summed E-state index contributed by atoms with van der Waals surface area (Å²) >= 11 is 0. The van der Waals surface area contributed by atoms with Gasteiger partial charge in [0, 0.05) is 24.2 Å². The van der Waals surface area contributed by atoms with Crippen LogP contribution in [-0.2, 0) is 19.6 Å². The molecule has 0 aliphatic heterocycles. The summed E-state index contributed by atoms with van der Waals surface area (Å²) in [4.78, 5) is 20.8. The van der Waals surface area contributed by atoms with Crippen molar-refractivity contribution in [3.8, 4) is 5.75 Å². The van der Waals surface area contributed by atoms with Crippen molar-refractivity contribution >= 4 is 0 Å². The Morgan fingerprint density at radius 1 is 1.00 bits per heavy atom. The van der Waals surface area contributed by atoms with Gasteiger partial charge in [-0.15, -0.1) is 0 Å². The molecule has 0 atom stereocenters. The van der Waals surface area contributed by atoms with Crippen LogP contribution in [0.4, 0.5) is 0 Å². The van der Waals surface area contributed by atoms with Crippen LogP contribution in [0.25, 0.3) is 0 Å². The Balaban J connectivity index is 1.65. The lowest BCUT2D eigenvalue weighted by molar-refractivity contribution is 0.294. The average Bonchev–Trinajstić information content (AvgIpc) is 2.71. The molecule has 0 radical (unpaired) electrons. The lowest BCUT2D eigenvalue weighted by Gasteiger charge is -2.13. The van der Waals surface area contributed by atoms with E-state index in [2.05, 4.69) is 41.2 Å². The molecule has 5 heteroatoms. The number of unbranched alkanes of at least 4 members (excludes halogenated alkanes) is 2. The van der Waals surface area contributed by atoms with Crippen molar-refractivity contribution in [3.05, 3.63) is 87.9 Å². The van der Waals surface area contributed by atoms with Crippen molar-refractivity contribution in [2.75, 3.05) is 0 Å². The Bertz CT molecular complexity index is 934. The number of benzene rings is 1. The van der Waals surface area contributed by atoms with E-state index in [1.54, 1.807) is 23.0 Å². The average molecular weight is 377 g/mol. The van der Waals surface area contributed by atoms with Crippen molar-refractivity contribution in [1.82, 2.24) is 14.5 Å². The van der Waals surface area contributed by atoms with E-state index in [-0.39, 0.29) is 12.2 Å². The van der Waals surface area contributed by atoms with Gasteiger partial charge in [-0.05, 0) is 43.0 Å². The Hall–Kier alpha value is -2.95. The maximum atomic E-state index is 12.6. The van der Waals surface area contributed by atoms with Crippen LogP contribution in [0.5, 0.6) is 5.75 Å². The summed E-state index contributed by atoms with van der Waals surface area (Å²) in [6, 6.07) is 13.7. The molecule has 146 valence electrons. The molecule has 2 aromatic heterocycles. The fourth-order valence-corrected chi connectivity index (χ4v) is 3.11. The van der Waals surface area contributed by atoms with Crippen molar-refractivity contribution in [2.24, 2.45) is 0 Å². The van der Waals surface area contributed by atoms with Gasteiger partial charge >= 0.3 is 0 Å². The minimum Gasteiger partial charge on any atom is -0.485 e. The number of aromatic nitrogens is 3. The Kier molecular flexibility index (Phi) is 6.95. The van der Waals surface area contributed by atoms with Gasteiger partial charge in [-0.2, -0.15) is 0 Å². The van der Waals surface area contributed by atoms with Gasteiger partial charge in [0.05, 0.1) is 6.54 Å². The van der Waals surface area contributed by atoms with Crippen LogP contribution in [0.15, 0.2) is 59.7 Å². The number of aryl methyl sites for hydroxylation is 2. The van der Waals surface area contributed by atoms with Crippen LogP contribution in [-0.4, -0.2) is 14.5 Å². The van der Waals surface area contributed by atoms with Crippen LogP contribution in [0.3, 0.4) is 0 Å². The van der Waals surface area contributed by atoms with E-state index in [1.165, 1.54) is 30.9 Å². The first-order valence-electron chi connectivity index (χ1n) is 9.83. The van der Waals surface area contributed by atoms with Gasteiger partial charge < -0.3 is 9.30 Å². The molecule has 28 heavy (non-hydrogen) atoms. The molecule has 0 spiro atoms. The summed E-state index contributed by atoms with van der Waals surface area (Å²) in [5.74, 6) is 1.13. The van der Waals surface area contributed by atoms with Gasteiger partial charge in [-0.1, -0.05) is 44.0 Å². The molecule has 3 aromatic rings. The molecule has 0 N–H and O–H groups in total. The normalized spacial score (nSPS) is 10.8. The quantitative estimate of drug-likeness (QED) is 0.522. The van der Waals surface area contributed by atoms with Crippen LogP contribution >= 0.6 is 0 Å². The van der Waals surface area contributed by atoms with Gasteiger partial charge in [0.2, 0.25) is 0 Å². The third-order valence-electron chi connectivity index (χ3n) is 4.73. The third kappa shape index (κ3) is 5.52. The summed E-state index contributed by atoms with van der Waals surface area (Å²) < 4.78 is 7.44. The molecule has 0 fully saturated rings. The SMILES string of the molecule is CCCCCc1ccc(Cn2c(C)cc(OCc3ncccn3)cc2=O)cc1. The lowest BCUT2D eigenvalue weighted by Crippen LogP contribution is -2.22. The highest BCUT2D eigenvalue weighted by molar-refractivity contribution is 5.26. The molecule has 0 bridgehead atoms. The van der Waals surface area contributed by atoms with Gasteiger partial charge in [0.15, 0.2) is 5.82 Å². The maximum absolute atomic E-state index is 12.6. The highest BCUT2D eigenvalue weighted by atomic mass is 16.5. The van der Waals surface area contributed by atoms with Crippen LogP contribution in [0.1, 0.15) is 48.8 Å². The van der Waals surface area contributed by atoms with Crippen molar-refractivity contribution in [3.63, 3.8) is 0 Å². The van der Waals surface area contributed by atoms with E-state index >= 15 is 0 Å². The molecular weight excluding hydrogens is 350 g/mol. The third-order valence-corrected chi connectivity index (χ3v) is 4.73. The molecule has 1 aromatic carbocycles. The van der Waals surface area contributed by atoms with Crippen molar-refractivity contribution < 1.29 is 4.74 Å². The van der Waals surface area contributed by atoms with Gasteiger partial charge in [0.25, 0.3) is 5.56 Å². The number of rotatable bonds is 9. The predicted molar refractivity (Wildman–Crippen MR) is 111 cm³/mol. The van der Waals surface area contributed by atoms with E-state index in [4.69, 9.17) is 4.74 Å². The lowest BCUT2D eigenvalue weighted by atomic mass is 10.1. The topological polar surface area (TPSA) is 57.0 Å². The summed E-state index contributed by atoms with van der Waals surface area (Å²) in [6.07, 6.45) is 8.18. The molecule has 0 aliphatic carbocycles. The van der Waals surface area contributed by atoms with Crippen LogP contribution in [0.2, 0.25) is 0 Å². The monoisotopic (exact) mass is 377 g/mol. The largest absolute Gasteiger partial charge is 0.485 e. The van der Waals surface area contributed by atoms with Crippen molar-refractivity contribution in [2.45, 2.75) is 52.7 Å². The molecule has 0 aliphatic rings.